The first kappa shape index (κ1) is 28.0. The summed E-state index contributed by atoms with van der Waals surface area (Å²) in [5, 5.41) is 15.3. The Kier molecular flexibility index (Phi) is 8.11. The van der Waals surface area contributed by atoms with Gasteiger partial charge in [-0.2, -0.15) is 0 Å². The van der Waals surface area contributed by atoms with Crippen LogP contribution in [0.4, 0.5) is 10.5 Å². The predicted molar refractivity (Wildman–Crippen MR) is 152 cm³/mol. The lowest BCUT2D eigenvalue weighted by Gasteiger charge is -2.42. The van der Waals surface area contributed by atoms with Crippen LogP contribution in [0.5, 0.6) is 5.75 Å². The van der Waals surface area contributed by atoms with Crippen LogP contribution in [0.2, 0.25) is 5.02 Å². The van der Waals surface area contributed by atoms with Crippen molar-refractivity contribution in [1.29, 1.82) is 0 Å². The molecule has 0 unspecified atom stereocenters. The van der Waals surface area contributed by atoms with Gasteiger partial charge >= 0.3 is 12.1 Å². The summed E-state index contributed by atoms with van der Waals surface area (Å²) < 4.78 is 5.56. The Labute approximate surface area is 241 Å². The molecule has 0 aliphatic carbocycles. The van der Waals surface area contributed by atoms with Gasteiger partial charge in [-0.15, -0.1) is 0 Å². The SMILES string of the molecule is O=C(N[C@@H](Cc1ccc(OC(=O)N2CCC3(CC2)C(=O)NCN3c2ccccc2)cc1)C(=O)O)c1ccccc1Cl. The van der Waals surface area contributed by atoms with E-state index in [2.05, 4.69) is 15.5 Å². The van der Waals surface area contributed by atoms with Gasteiger partial charge in [-0.05, 0) is 54.8 Å². The Balaban J connectivity index is 1.17. The van der Waals surface area contributed by atoms with Crippen molar-refractivity contribution in [3.8, 4) is 5.75 Å². The van der Waals surface area contributed by atoms with Crippen molar-refractivity contribution in [3.63, 3.8) is 0 Å². The Morgan fingerprint density at radius 3 is 2.29 bits per heavy atom. The molecule has 3 aromatic rings. The highest BCUT2D eigenvalue weighted by Crippen LogP contribution is 2.36. The maximum absolute atomic E-state index is 12.9. The fourth-order valence-corrected chi connectivity index (χ4v) is 5.49. The number of anilines is 1. The number of carboxylic acid groups (broad SMARTS) is 1. The summed E-state index contributed by atoms with van der Waals surface area (Å²) in [5.41, 5.74) is 1.06. The number of carboxylic acids is 1. The third-order valence-corrected chi connectivity index (χ3v) is 7.87. The van der Waals surface area contributed by atoms with Gasteiger partial charge in [-0.1, -0.05) is 54.1 Å². The number of nitrogens with one attached hydrogen (secondary N) is 2. The third-order valence-electron chi connectivity index (χ3n) is 7.54. The van der Waals surface area contributed by atoms with Crippen molar-refractivity contribution >= 4 is 41.2 Å². The van der Waals surface area contributed by atoms with Gasteiger partial charge in [0.15, 0.2) is 0 Å². The molecule has 212 valence electrons. The molecule has 11 heteroatoms. The van der Waals surface area contributed by atoms with Crippen LogP contribution in [0.3, 0.4) is 0 Å². The summed E-state index contributed by atoms with van der Waals surface area (Å²) in [6, 6.07) is 21.4. The number of benzene rings is 3. The summed E-state index contributed by atoms with van der Waals surface area (Å²) in [5.74, 6) is -1.51. The van der Waals surface area contributed by atoms with Crippen LogP contribution in [-0.4, -0.2) is 65.2 Å². The number of carbonyl (C=O) groups excluding carboxylic acids is 3. The normalized spacial score (nSPS) is 16.7. The molecule has 2 aliphatic rings. The van der Waals surface area contributed by atoms with Gasteiger partial charge in [-0.25, -0.2) is 9.59 Å². The van der Waals surface area contributed by atoms with Crippen LogP contribution in [0.15, 0.2) is 78.9 Å². The number of halogens is 1. The number of piperidine rings is 1. The number of likely N-dealkylation sites (tertiary alicyclic amines) is 1. The molecule has 3 aromatic carbocycles. The molecule has 0 radical (unpaired) electrons. The highest BCUT2D eigenvalue weighted by molar-refractivity contribution is 6.33. The quantitative estimate of drug-likeness (QED) is 0.391. The number of rotatable bonds is 7. The number of ether oxygens (including phenoxy) is 1. The minimum atomic E-state index is -1.19. The summed E-state index contributed by atoms with van der Waals surface area (Å²) in [7, 11) is 0. The maximum atomic E-state index is 12.9. The van der Waals surface area contributed by atoms with E-state index in [4.69, 9.17) is 16.3 Å². The van der Waals surface area contributed by atoms with Gasteiger partial charge in [0.05, 0.1) is 17.3 Å². The molecule has 1 spiro atoms. The van der Waals surface area contributed by atoms with E-state index in [1.165, 1.54) is 6.07 Å². The zero-order chi connectivity index (χ0) is 29.0. The van der Waals surface area contributed by atoms with Crippen molar-refractivity contribution in [2.75, 3.05) is 24.7 Å². The van der Waals surface area contributed by atoms with Crippen molar-refractivity contribution in [2.45, 2.75) is 30.8 Å². The first-order valence-electron chi connectivity index (χ1n) is 13.2. The second-order valence-corrected chi connectivity index (χ2v) is 10.4. The minimum Gasteiger partial charge on any atom is -0.480 e. The van der Waals surface area contributed by atoms with Crippen LogP contribution >= 0.6 is 11.6 Å². The van der Waals surface area contributed by atoms with E-state index in [0.717, 1.165) is 5.69 Å². The number of nitrogens with zero attached hydrogens (tertiary/aromatic N) is 2. The number of para-hydroxylation sites is 1. The number of hydrogen-bond acceptors (Lipinski definition) is 6. The number of aliphatic carboxylic acids is 1. The van der Waals surface area contributed by atoms with Gasteiger partial charge in [-0.3, -0.25) is 9.59 Å². The van der Waals surface area contributed by atoms with Crippen LogP contribution < -0.4 is 20.3 Å². The number of amides is 3. The maximum Gasteiger partial charge on any atom is 0.415 e. The van der Waals surface area contributed by atoms with E-state index in [-0.39, 0.29) is 22.9 Å². The summed E-state index contributed by atoms with van der Waals surface area (Å²) in [6.07, 6.45) is 0.442. The zero-order valence-electron chi connectivity index (χ0n) is 22.1. The molecule has 3 N–H and O–H groups in total. The van der Waals surface area contributed by atoms with Crippen molar-refractivity contribution in [3.05, 3.63) is 95.0 Å². The third kappa shape index (κ3) is 5.97. The van der Waals surface area contributed by atoms with Crippen molar-refractivity contribution < 1.29 is 29.0 Å². The Morgan fingerprint density at radius 1 is 0.976 bits per heavy atom. The summed E-state index contributed by atoms with van der Waals surface area (Å²) >= 11 is 6.05. The lowest BCUT2D eigenvalue weighted by atomic mass is 9.86. The van der Waals surface area contributed by atoms with E-state index >= 15 is 0 Å². The van der Waals surface area contributed by atoms with Crippen LogP contribution in [0, 0.1) is 0 Å². The van der Waals surface area contributed by atoms with Gasteiger partial charge in [0, 0.05) is 25.2 Å². The van der Waals surface area contributed by atoms with Gasteiger partial charge in [0.25, 0.3) is 5.91 Å². The molecule has 10 nitrogen and oxygen atoms in total. The molecule has 2 heterocycles. The Morgan fingerprint density at radius 2 is 1.63 bits per heavy atom. The van der Waals surface area contributed by atoms with E-state index in [9.17, 15) is 24.3 Å². The number of carbonyl (C=O) groups is 4. The van der Waals surface area contributed by atoms with E-state index in [1.54, 1.807) is 47.4 Å². The van der Waals surface area contributed by atoms with Crippen molar-refractivity contribution in [1.82, 2.24) is 15.5 Å². The second kappa shape index (κ2) is 11.9. The average molecular weight is 577 g/mol. The smallest absolute Gasteiger partial charge is 0.415 e. The minimum absolute atomic E-state index is 0.0218. The summed E-state index contributed by atoms with van der Waals surface area (Å²) in [4.78, 5) is 53.7. The van der Waals surface area contributed by atoms with Crippen molar-refractivity contribution in [2.24, 2.45) is 0 Å². The number of hydrogen-bond donors (Lipinski definition) is 3. The van der Waals surface area contributed by atoms with Gasteiger partial charge < -0.3 is 30.3 Å². The molecule has 5 rings (SSSR count). The molecule has 2 aliphatic heterocycles. The average Bonchev–Trinajstić information content (AvgIpc) is 3.29. The molecule has 3 amide bonds. The van der Waals surface area contributed by atoms with Gasteiger partial charge in [0.2, 0.25) is 5.91 Å². The zero-order valence-corrected chi connectivity index (χ0v) is 22.8. The molecular formula is C30H29ClN4O6. The Hall–Kier alpha value is -4.57. The van der Waals surface area contributed by atoms with Crippen LogP contribution in [0.1, 0.15) is 28.8 Å². The molecule has 2 saturated heterocycles. The highest BCUT2D eigenvalue weighted by atomic mass is 35.5. The monoisotopic (exact) mass is 576 g/mol. The first-order chi connectivity index (χ1) is 19.8. The van der Waals surface area contributed by atoms with Gasteiger partial charge in [0.1, 0.15) is 17.3 Å². The molecular weight excluding hydrogens is 548 g/mol. The largest absolute Gasteiger partial charge is 0.480 e. The van der Waals surface area contributed by atoms with Crippen LogP contribution in [0.25, 0.3) is 0 Å². The second-order valence-electron chi connectivity index (χ2n) is 10.0. The van der Waals surface area contributed by atoms with E-state index in [0.29, 0.717) is 43.9 Å². The molecule has 0 aromatic heterocycles. The topological polar surface area (TPSA) is 128 Å². The fourth-order valence-electron chi connectivity index (χ4n) is 5.27. The fraction of sp³-hybridized carbons (Fsp3) is 0.267. The molecule has 0 bridgehead atoms. The standard InChI is InChI=1S/C30H29ClN4O6/c31-24-9-5-4-8-23(24)26(36)33-25(27(37)38)18-20-10-12-22(13-11-20)41-29(40)34-16-14-30(15-17-34)28(39)32-19-35(30)21-6-2-1-3-7-21/h1-13,25H,14-19H2,(H,32,39)(H,33,36)(H,37,38)/t25-/m0/s1. The molecule has 41 heavy (non-hydrogen) atoms. The highest BCUT2D eigenvalue weighted by Gasteiger charge is 2.51. The first-order valence-corrected chi connectivity index (χ1v) is 13.6. The molecule has 1 atom stereocenters. The van der Waals surface area contributed by atoms with E-state index in [1.807, 2.05) is 30.3 Å². The lowest BCUT2D eigenvalue weighted by Crippen LogP contribution is -2.57. The van der Waals surface area contributed by atoms with Crippen LogP contribution in [-0.2, 0) is 16.0 Å². The lowest BCUT2D eigenvalue weighted by molar-refractivity contribution is -0.139. The Bertz CT molecular complexity index is 1440. The molecule has 0 saturated carbocycles. The predicted octanol–water partition coefficient (Wildman–Crippen LogP) is 3.69. The molecule has 2 fully saturated rings. The summed E-state index contributed by atoms with van der Waals surface area (Å²) in [6.45, 7) is 1.14. The van der Waals surface area contributed by atoms with E-state index < -0.39 is 29.6 Å².